The molecule has 0 amide bonds. The highest BCUT2D eigenvalue weighted by Gasteiger charge is 2.05. The Bertz CT molecular complexity index is 354. The summed E-state index contributed by atoms with van der Waals surface area (Å²) < 4.78 is 0. The Labute approximate surface area is 97.4 Å². The van der Waals surface area contributed by atoms with Gasteiger partial charge in [0.05, 0.1) is 11.4 Å². The molecular weight excluding hydrogens is 198 g/mol. The van der Waals surface area contributed by atoms with Gasteiger partial charge in [-0.05, 0) is 25.5 Å². The van der Waals surface area contributed by atoms with Crippen molar-refractivity contribution in [2.75, 3.05) is 0 Å². The van der Waals surface area contributed by atoms with Crippen LogP contribution in [-0.2, 0) is 4.79 Å². The van der Waals surface area contributed by atoms with Crippen molar-refractivity contribution in [3.8, 4) is 0 Å². The summed E-state index contributed by atoms with van der Waals surface area (Å²) >= 11 is 0. The number of carbonyl (C=O) groups is 1. The number of hydrogen-bond donors (Lipinski definition) is 0. The van der Waals surface area contributed by atoms with Crippen molar-refractivity contribution < 1.29 is 4.79 Å². The monoisotopic (exact) mass is 217 g/mol. The minimum Gasteiger partial charge on any atom is -0.293 e. The molecular formula is C14H19NO. The molecule has 0 spiro atoms. The third-order valence-corrected chi connectivity index (χ3v) is 2.46. The third-order valence-electron chi connectivity index (χ3n) is 2.46. The molecule has 0 atom stereocenters. The molecule has 0 aliphatic rings. The van der Waals surface area contributed by atoms with Gasteiger partial charge in [0, 0.05) is 6.42 Å². The van der Waals surface area contributed by atoms with E-state index in [0.29, 0.717) is 12.1 Å². The minimum atomic E-state index is 0.164. The standard InChI is InChI=1S/C14H19NO/c1-3-4-6-11-14(16)12(2)15-13-9-7-5-8-10-13/h5,7-10H,3-4,6,11H2,1-2H3/b15-12+. The zero-order valence-corrected chi connectivity index (χ0v) is 10.1. The molecule has 0 N–H and O–H groups in total. The van der Waals surface area contributed by atoms with Gasteiger partial charge in [-0.15, -0.1) is 0 Å². The topological polar surface area (TPSA) is 29.4 Å². The Morgan fingerprint density at radius 2 is 1.88 bits per heavy atom. The van der Waals surface area contributed by atoms with Gasteiger partial charge in [-0.3, -0.25) is 9.79 Å². The van der Waals surface area contributed by atoms with Crippen LogP contribution in [0.15, 0.2) is 35.3 Å². The summed E-state index contributed by atoms with van der Waals surface area (Å²) in [4.78, 5) is 16.0. The van der Waals surface area contributed by atoms with Crippen LogP contribution in [0.4, 0.5) is 5.69 Å². The van der Waals surface area contributed by atoms with Gasteiger partial charge in [-0.2, -0.15) is 0 Å². The van der Waals surface area contributed by atoms with Gasteiger partial charge in [0.1, 0.15) is 0 Å². The summed E-state index contributed by atoms with van der Waals surface area (Å²) in [5, 5.41) is 0. The molecule has 0 heterocycles. The number of nitrogens with zero attached hydrogens (tertiary/aromatic N) is 1. The van der Waals surface area contributed by atoms with E-state index in [2.05, 4.69) is 11.9 Å². The van der Waals surface area contributed by atoms with Crippen LogP contribution in [0.25, 0.3) is 0 Å². The summed E-state index contributed by atoms with van der Waals surface area (Å²) in [6.07, 6.45) is 3.85. The molecule has 0 saturated heterocycles. The lowest BCUT2D eigenvalue weighted by Gasteiger charge is -2.00. The Morgan fingerprint density at radius 1 is 1.19 bits per heavy atom. The van der Waals surface area contributed by atoms with Crippen LogP contribution in [0.5, 0.6) is 0 Å². The fourth-order valence-corrected chi connectivity index (χ4v) is 1.47. The largest absolute Gasteiger partial charge is 0.293 e. The van der Waals surface area contributed by atoms with E-state index in [1.54, 1.807) is 6.92 Å². The minimum absolute atomic E-state index is 0.164. The number of aliphatic imine (C=N–C) groups is 1. The van der Waals surface area contributed by atoms with E-state index >= 15 is 0 Å². The number of benzene rings is 1. The maximum Gasteiger partial charge on any atom is 0.176 e. The second-order valence-electron chi connectivity index (χ2n) is 3.91. The summed E-state index contributed by atoms with van der Waals surface area (Å²) in [6.45, 7) is 3.93. The molecule has 2 heteroatoms. The van der Waals surface area contributed by atoms with Crippen molar-refractivity contribution in [3.05, 3.63) is 30.3 Å². The maximum atomic E-state index is 11.7. The smallest absolute Gasteiger partial charge is 0.176 e. The first-order valence-electron chi connectivity index (χ1n) is 5.87. The summed E-state index contributed by atoms with van der Waals surface area (Å²) in [6, 6.07) is 9.60. The molecule has 1 aromatic rings. The SMILES string of the molecule is CCCCCC(=O)/C(C)=N/c1ccccc1. The van der Waals surface area contributed by atoms with E-state index in [-0.39, 0.29) is 5.78 Å². The van der Waals surface area contributed by atoms with E-state index in [4.69, 9.17) is 0 Å². The first kappa shape index (κ1) is 12.6. The van der Waals surface area contributed by atoms with Crippen LogP contribution in [0.3, 0.4) is 0 Å². The average Bonchev–Trinajstić information content (AvgIpc) is 2.30. The van der Waals surface area contributed by atoms with Crippen molar-refractivity contribution in [3.63, 3.8) is 0 Å². The summed E-state index contributed by atoms with van der Waals surface area (Å²) in [5.74, 6) is 0.164. The first-order chi connectivity index (χ1) is 7.74. The van der Waals surface area contributed by atoms with Gasteiger partial charge in [0.15, 0.2) is 5.78 Å². The van der Waals surface area contributed by atoms with Crippen LogP contribution in [-0.4, -0.2) is 11.5 Å². The average molecular weight is 217 g/mol. The second kappa shape index (κ2) is 6.94. The quantitative estimate of drug-likeness (QED) is 0.524. The maximum absolute atomic E-state index is 11.7. The Balaban J connectivity index is 2.53. The lowest BCUT2D eigenvalue weighted by molar-refractivity contribution is -0.113. The lowest BCUT2D eigenvalue weighted by Crippen LogP contribution is -2.09. The van der Waals surface area contributed by atoms with E-state index < -0.39 is 0 Å². The predicted octanol–water partition coefficient (Wildman–Crippen LogP) is 3.93. The van der Waals surface area contributed by atoms with E-state index in [1.807, 2.05) is 30.3 Å². The second-order valence-corrected chi connectivity index (χ2v) is 3.91. The summed E-state index contributed by atoms with van der Waals surface area (Å²) in [7, 11) is 0. The van der Waals surface area contributed by atoms with Crippen molar-refractivity contribution in [2.45, 2.75) is 39.5 Å². The number of unbranched alkanes of at least 4 members (excludes halogenated alkanes) is 2. The van der Waals surface area contributed by atoms with E-state index in [1.165, 1.54) is 0 Å². The Kier molecular flexibility index (Phi) is 5.48. The normalized spacial score (nSPS) is 11.5. The number of ketones is 1. The Hall–Kier alpha value is -1.44. The third kappa shape index (κ3) is 4.39. The molecule has 0 fully saturated rings. The fourth-order valence-electron chi connectivity index (χ4n) is 1.47. The zero-order chi connectivity index (χ0) is 11.8. The number of hydrogen-bond acceptors (Lipinski definition) is 2. The zero-order valence-electron chi connectivity index (χ0n) is 10.1. The molecule has 1 rings (SSSR count). The van der Waals surface area contributed by atoms with Crippen molar-refractivity contribution in [1.29, 1.82) is 0 Å². The van der Waals surface area contributed by atoms with Gasteiger partial charge in [0.2, 0.25) is 0 Å². The van der Waals surface area contributed by atoms with Crippen molar-refractivity contribution in [1.82, 2.24) is 0 Å². The highest BCUT2D eigenvalue weighted by molar-refractivity contribution is 6.39. The molecule has 0 aliphatic heterocycles. The molecule has 0 saturated carbocycles. The molecule has 1 aromatic carbocycles. The van der Waals surface area contributed by atoms with Crippen molar-refractivity contribution >= 4 is 17.2 Å². The molecule has 16 heavy (non-hydrogen) atoms. The highest BCUT2D eigenvalue weighted by Crippen LogP contribution is 2.11. The summed E-state index contributed by atoms with van der Waals surface area (Å²) in [5.41, 5.74) is 1.46. The molecule has 0 aromatic heterocycles. The molecule has 0 bridgehead atoms. The van der Waals surface area contributed by atoms with Gasteiger partial charge in [-0.25, -0.2) is 0 Å². The highest BCUT2D eigenvalue weighted by atomic mass is 16.1. The van der Waals surface area contributed by atoms with Crippen LogP contribution in [0, 0.1) is 0 Å². The molecule has 0 unspecified atom stereocenters. The van der Waals surface area contributed by atoms with Gasteiger partial charge >= 0.3 is 0 Å². The first-order valence-corrected chi connectivity index (χ1v) is 5.87. The number of rotatable bonds is 6. The molecule has 0 aliphatic carbocycles. The fraction of sp³-hybridized carbons (Fsp3) is 0.429. The van der Waals surface area contributed by atoms with Crippen LogP contribution >= 0.6 is 0 Å². The van der Waals surface area contributed by atoms with Crippen LogP contribution < -0.4 is 0 Å². The van der Waals surface area contributed by atoms with E-state index in [9.17, 15) is 4.79 Å². The van der Waals surface area contributed by atoms with Crippen molar-refractivity contribution in [2.24, 2.45) is 4.99 Å². The predicted molar refractivity (Wildman–Crippen MR) is 68.4 cm³/mol. The number of Topliss-reactive ketones (excluding diaryl/α,β-unsaturated/α-hetero) is 1. The Morgan fingerprint density at radius 3 is 2.50 bits per heavy atom. The van der Waals surface area contributed by atoms with Gasteiger partial charge in [-0.1, -0.05) is 38.0 Å². The van der Waals surface area contributed by atoms with E-state index in [0.717, 1.165) is 24.9 Å². The van der Waals surface area contributed by atoms with Crippen LogP contribution in [0.1, 0.15) is 39.5 Å². The van der Waals surface area contributed by atoms with Gasteiger partial charge < -0.3 is 0 Å². The molecule has 0 radical (unpaired) electrons. The number of carbonyl (C=O) groups excluding carboxylic acids is 1. The van der Waals surface area contributed by atoms with Crippen LogP contribution in [0.2, 0.25) is 0 Å². The van der Waals surface area contributed by atoms with Gasteiger partial charge in [0.25, 0.3) is 0 Å². The lowest BCUT2D eigenvalue weighted by atomic mass is 10.1. The molecule has 2 nitrogen and oxygen atoms in total. The molecule has 86 valence electrons. The number of para-hydroxylation sites is 1.